The fourth-order valence-electron chi connectivity index (χ4n) is 3.22. The second-order valence-corrected chi connectivity index (χ2v) is 6.97. The SMILES string of the molecule is C=CCOC(=O)N(Cc1ccccc1)c1ccccc1C(=O)Nc1cc(OC)ccc1OC. The topological polar surface area (TPSA) is 77.1 Å². The molecule has 7 heteroatoms. The van der Waals surface area contributed by atoms with E-state index in [1.807, 2.05) is 30.3 Å². The van der Waals surface area contributed by atoms with Crippen molar-refractivity contribution in [2.75, 3.05) is 31.0 Å². The van der Waals surface area contributed by atoms with Gasteiger partial charge in [0.15, 0.2) is 0 Å². The molecule has 1 N–H and O–H groups in total. The number of nitrogens with zero attached hydrogens (tertiary/aromatic N) is 1. The van der Waals surface area contributed by atoms with Crippen molar-refractivity contribution in [3.63, 3.8) is 0 Å². The molecule has 3 rings (SSSR count). The van der Waals surface area contributed by atoms with Crippen molar-refractivity contribution in [1.29, 1.82) is 0 Å². The molecule has 3 aromatic rings. The number of carbonyl (C=O) groups is 2. The standard InChI is InChI=1S/C26H26N2O5/c1-4-16-33-26(30)28(18-19-10-6-5-7-11-19)23-13-9-8-12-21(23)25(29)27-22-17-20(31-2)14-15-24(22)32-3/h4-15,17H,1,16,18H2,2-3H3,(H,27,29). The lowest BCUT2D eigenvalue weighted by molar-refractivity contribution is 0.102. The molecule has 3 aromatic carbocycles. The average Bonchev–Trinajstić information content (AvgIpc) is 2.86. The Bertz CT molecular complexity index is 1110. The van der Waals surface area contributed by atoms with E-state index in [-0.39, 0.29) is 13.2 Å². The normalized spacial score (nSPS) is 10.1. The van der Waals surface area contributed by atoms with Crippen LogP contribution in [0.2, 0.25) is 0 Å². The number of rotatable bonds is 9. The predicted molar refractivity (Wildman–Crippen MR) is 128 cm³/mol. The molecule has 0 unspecified atom stereocenters. The molecule has 0 aliphatic heterocycles. The third kappa shape index (κ3) is 5.92. The van der Waals surface area contributed by atoms with E-state index in [2.05, 4.69) is 11.9 Å². The minimum absolute atomic E-state index is 0.0551. The van der Waals surface area contributed by atoms with E-state index in [9.17, 15) is 9.59 Å². The summed E-state index contributed by atoms with van der Waals surface area (Å²) in [5.74, 6) is 0.637. The molecule has 0 heterocycles. The van der Waals surface area contributed by atoms with E-state index in [0.29, 0.717) is 28.4 Å². The Balaban J connectivity index is 1.97. The highest BCUT2D eigenvalue weighted by molar-refractivity contribution is 6.10. The molecule has 0 spiro atoms. The van der Waals surface area contributed by atoms with Gasteiger partial charge in [-0.2, -0.15) is 0 Å². The van der Waals surface area contributed by atoms with Gasteiger partial charge in [-0.3, -0.25) is 9.69 Å². The molecular weight excluding hydrogens is 420 g/mol. The molecule has 0 saturated carbocycles. The van der Waals surface area contributed by atoms with Crippen LogP contribution >= 0.6 is 0 Å². The van der Waals surface area contributed by atoms with Crippen LogP contribution < -0.4 is 19.7 Å². The minimum atomic E-state index is -0.585. The Morgan fingerprint density at radius 1 is 0.970 bits per heavy atom. The number of hydrogen-bond acceptors (Lipinski definition) is 5. The van der Waals surface area contributed by atoms with Crippen LogP contribution in [0.3, 0.4) is 0 Å². The number of anilines is 2. The van der Waals surface area contributed by atoms with Gasteiger partial charge in [-0.05, 0) is 29.8 Å². The summed E-state index contributed by atoms with van der Waals surface area (Å²) in [7, 11) is 3.06. The van der Waals surface area contributed by atoms with Gasteiger partial charge in [0, 0.05) is 6.07 Å². The Morgan fingerprint density at radius 2 is 1.70 bits per heavy atom. The zero-order valence-electron chi connectivity index (χ0n) is 18.6. The summed E-state index contributed by atoms with van der Waals surface area (Å²) in [5.41, 5.74) is 2.04. The Hall–Kier alpha value is -4.26. The summed E-state index contributed by atoms with van der Waals surface area (Å²) in [4.78, 5) is 27.6. The number of carbonyl (C=O) groups excluding carboxylic acids is 2. The molecule has 0 bridgehead atoms. The van der Waals surface area contributed by atoms with E-state index in [1.54, 1.807) is 49.6 Å². The van der Waals surface area contributed by atoms with Crippen LogP contribution in [-0.4, -0.2) is 32.8 Å². The second-order valence-electron chi connectivity index (χ2n) is 6.97. The summed E-state index contributed by atoms with van der Waals surface area (Å²) < 4.78 is 15.9. The number of para-hydroxylation sites is 1. The lowest BCUT2D eigenvalue weighted by atomic mass is 10.1. The van der Waals surface area contributed by atoms with Crippen LogP contribution in [0.4, 0.5) is 16.2 Å². The number of ether oxygens (including phenoxy) is 3. The molecule has 0 aliphatic carbocycles. The van der Waals surface area contributed by atoms with Gasteiger partial charge in [0.2, 0.25) is 0 Å². The van der Waals surface area contributed by atoms with Crippen LogP contribution in [0.15, 0.2) is 85.5 Å². The van der Waals surface area contributed by atoms with Crippen LogP contribution in [0.25, 0.3) is 0 Å². The van der Waals surface area contributed by atoms with E-state index in [1.165, 1.54) is 18.1 Å². The van der Waals surface area contributed by atoms with E-state index in [4.69, 9.17) is 14.2 Å². The van der Waals surface area contributed by atoms with Gasteiger partial charge in [0.1, 0.15) is 18.1 Å². The lowest BCUT2D eigenvalue weighted by Gasteiger charge is -2.24. The Morgan fingerprint density at radius 3 is 2.39 bits per heavy atom. The maximum absolute atomic E-state index is 13.3. The highest BCUT2D eigenvalue weighted by atomic mass is 16.6. The average molecular weight is 447 g/mol. The van der Waals surface area contributed by atoms with Crippen molar-refractivity contribution in [1.82, 2.24) is 0 Å². The van der Waals surface area contributed by atoms with Gasteiger partial charge in [0.25, 0.3) is 5.91 Å². The highest BCUT2D eigenvalue weighted by Crippen LogP contribution is 2.31. The molecule has 0 aliphatic rings. The van der Waals surface area contributed by atoms with Crippen molar-refractivity contribution in [3.05, 3.63) is 96.6 Å². The zero-order chi connectivity index (χ0) is 23.6. The maximum atomic E-state index is 13.3. The monoisotopic (exact) mass is 446 g/mol. The first-order chi connectivity index (χ1) is 16.1. The first-order valence-electron chi connectivity index (χ1n) is 10.3. The summed E-state index contributed by atoms with van der Waals surface area (Å²) in [5, 5.41) is 2.85. The number of amides is 2. The molecule has 0 saturated heterocycles. The zero-order valence-corrected chi connectivity index (χ0v) is 18.6. The van der Waals surface area contributed by atoms with Crippen molar-refractivity contribution >= 4 is 23.4 Å². The molecule has 0 atom stereocenters. The van der Waals surface area contributed by atoms with Crippen LogP contribution in [0.5, 0.6) is 11.5 Å². The van der Waals surface area contributed by atoms with Crippen LogP contribution in [-0.2, 0) is 11.3 Å². The summed E-state index contributed by atoms with van der Waals surface area (Å²) >= 11 is 0. The fourth-order valence-corrected chi connectivity index (χ4v) is 3.22. The molecule has 0 radical (unpaired) electrons. The van der Waals surface area contributed by atoms with Crippen LogP contribution in [0.1, 0.15) is 15.9 Å². The van der Waals surface area contributed by atoms with E-state index >= 15 is 0 Å². The number of hydrogen-bond donors (Lipinski definition) is 1. The minimum Gasteiger partial charge on any atom is -0.497 e. The van der Waals surface area contributed by atoms with Gasteiger partial charge < -0.3 is 19.5 Å². The maximum Gasteiger partial charge on any atom is 0.414 e. The first-order valence-corrected chi connectivity index (χ1v) is 10.3. The van der Waals surface area contributed by atoms with Gasteiger partial charge in [-0.25, -0.2) is 4.79 Å². The molecule has 0 fully saturated rings. The molecule has 2 amide bonds. The van der Waals surface area contributed by atoms with Gasteiger partial charge in [-0.1, -0.05) is 55.1 Å². The summed E-state index contributed by atoms with van der Waals surface area (Å²) in [6.07, 6.45) is 0.907. The summed E-state index contributed by atoms with van der Waals surface area (Å²) in [6, 6.07) is 21.4. The number of methoxy groups -OCH3 is 2. The van der Waals surface area contributed by atoms with Crippen molar-refractivity contribution in [2.45, 2.75) is 6.54 Å². The lowest BCUT2D eigenvalue weighted by Crippen LogP contribution is -2.33. The highest BCUT2D eigenvalue weighted by Gasteiger charge is 2.24. The molecular formula is C26H26N2O5. The van der Waals surface area contributed by atoms with E-state index < -0.39 is 12.0 Å². The molecule has 7 nitrogen and oxygen atoms in total. The predicted octanol–water partition coefficient (Wildman–Crippen LogP) is 5.29. The second kappa shape index (κ2) is 11.4. The largest absolute Gasteiger partial charge is 0.497 e. The third-order valence-electron chi connectivity index (χ3n) is 4.82. The Labute approximate surface area is 193 Å². The number of nitrogens with one attached hydrogen (secondary N) is 1. The van der Waals surface area contributed by atoms with Gasteiger partial charge in [-0.15, -0.1) is 0 Å². The quantitative estimate of drug-likeness (QED) is 0.452. The van der Waals surface area contributed by atoms with Crippen molar-refractivity contribution < 1.29 is 23.8 Å². The van der Waals surface area contributed by atoms with Gasteiger partial charge >= 0.3 is 6.09 Å². The third-order valence-corrected chi connectivity index (χ3v) is 4.82. The summed E-state index contributed by atoms with van der Waals surface area (Å²) in [6.45, 7) is 3.87. The van der Waals surface area contributed by atoms with Crippen LogP contribution in [0, 0.1) is 0 Å². The first kappa shape index (κ1) is 23.4. The van der Waals surface area contributed by atoms with E-state index in [0.717, 1.165) is 5.56 Å². The Kier molecular flexibility index (Phi) is 8.07. The molecule has 33 heavy (non-hydrogen) atoms. The van der Waals surface area contributed by atoms with Crippen molar-refractivity contribution in [2.24, 2.45) is 0 Å². The van der Waals surface area contributed by atoms with Gasteiger partial charge in [0.05, 0.1) is 37.7 Å². The fraction of sp³-hybridized carbons (Fsp3) is 0.154. The van der Waals surface area contributed by atoms with Crippen molar-refractivity contribution in [3.8, 4) is 11.5 Å². The number of benzene rings is 3. The molecule has 0 aromatic heterocycles. The smallest absolute Gasteiger partial charge is 0.414 e. The molecule has 170 valence electrons.